The van der Waals surface area contributed by atoms with E-state index in [1.54, 1.807) is 19.9 Å². The molecule has 1 aromatic rings. The fourth-order valence-electron chi connectivity index (χ4n) is 4.00. The summed E-state index contributed by atoms with van der Waals surface area (Å²) >= 11 is 0. The molecular weight excluding hydrogens is 319 g/mol. The number of carbonyl (C=O) groups is 2. The molecule has 0 spiro atoms. The second-order valence-corrected chi connectivity index (χ2v) is 7.51. The second kappa shape index (κ2) is 7.54. The Kier molecular flexibility index (Phi) is 5.40. The highest BCUT2D eigenvalue weighted by molar-refractivity contribution is 5.80. The summed E-state index contributed by atoms with van der Waals surface area (Å²) < 4.78 is 13.7. The number of benzene rings is 1. The maximum absolute atomic E-state index is 13.7. The molecule has 2 fully saturated rings. The molecule has 0 bridgehead atoms. The molecule has 0 aliphatic carbocycles. The predicted molar refractivity (Wildman–Crippen MR) is 94.5 cm³/mol. The lowest BCUT2D eigenvalue weighted by atomic mass is 9.95. The Labute approximate surface area is 149 Å². The van der Waals surface area contributed by atoms with Crippen LogP contribution in [0.15, 0.2) is 18.2 Å². The third kappa shape index (κ3) is 4.20. The van der Waals surface area contributed by atoms with Gasteiger partial charge < -0.3 is 9.80 Å². The number of likely N-dealkylation sites (tertiary alicyclic amines) is 2. The number of amides is 2. The van der Waals surface area contributed by atoms with E-state index in [2.05, 4.69) is 0 Å². The second-order valence-electron chi connectivity index (χ2n) is 7.51. The Morgan fingerprint density at radius 1 is 1.12 bits per heavy atom. The van der Waals surface area contributed by atoms with Gasteiger partial charge in [0.05, 0.1) is 0 Å². The van der Waals surface area contributed by atoms with Crippen LogP contribution in [0.1, 0.15) is 37.3 Å². The van der Waals surface area contributed by atoms with Gasteiger partial charge in [-0.3, -0.25) is 9.59 Å². The van der Waals surface area contributed by atoms with Crippen LogP contribution in [0.25, 0.3) is 0 Å². The van der Waals surface area contributed by atoms with Gasteiger partial charge in [0.2, 0.25) is 11.8 Å². The molecular formula is C20H27FN2O2. The average molecular weight is 346 g/mol. The molecule has 0 N–H and O–H groups in total. The maximum atomic E-state index is 13.7. The molecule has 4 nitrogen and oxygen atoms in total. The van der Waals surface area contributed by atoms with Gasteiger partial charge in [0.25, 0.3) is 0 Å². The average Bonchev–Trinajstić information content (AvgIpc) is 3.06. The zero-order valence-corrected chi connectivity index (χ0v) is 15.1. The van der Waals surface area contributed by atoms with Crippen LogP contribution >= 0.6 is 0 Å². The normalized spacial score (nSPS) is 21.6. The lowest BCUT2D eigenvalue weighted by molar-refractivity contribution is -0.139. The SMILES string of the molecule is CC(=O)N1CCC(C(=O)N2CCC(Cc3ccc(C)c(F)c3)C2)CC1. The molecule has 136 valence electrons. The van der Waals surface area contributed by atoms with Crippen LogP contribution < -0.4 is 0 Å². The van der Waals surface area contributed by atoms with E-state index in [4.69, 9.17) is 0 Å². The largest absolute Gasteiger partial charge is 0.343 e. The van der Waals surface area contributed by atoms with Crippen LogP contribution in [0, 0.1) is 24.6 Å². The number of hydrogen-bond acceptors (Lipinski definition) is 2. The van der Waals surface area contributed by atoms with Crippen LogP contribution in [0.3, 0.4) is 0 Å². The first-order chi connectivity index (χ1) is 11.9. The minimum Gasteiger partial charge on any atom is -0.343 e. The zero-order chi connectivity index (χ0) is 18.0. The molecule has 2 aliphatic rings. The summed E-state index contributed by atoms with van der Waals surface area (Å²) in [7, 11) is 0. The van der Waals surface area contributed by atoms with Gasteiger partial charge >= 0.3 is 0 Å². The number of carbonyl (C=O) groups excluding carboxylic acids is 2. The highest BCUT2D eigenvalue weighted by Crippen LogP contribution is 2.26. The Morgan fingerprint density at radius 3 is 2.44 bits per heavy atom. The van der Waals surface area contributed by atoms with E-state index in [0.29, 0.717) is 24.6 Å². The van der Waals surface area contributed by atoms with Gasteiger partial charge in [-0.25, -0.2) is 4.39 Å². The lowest BCUT2D eigenvalue weighted by Crippen LogP contribution is -2.43. The van der Waals surface area contributed by atoms with Gasteiger partial charge in [-0.15, -0.1) is 0 Å². The van der Waals surface area contributed by atoms with E-state index >= 15 is 0 Å². The van der Waals surface area contributed by atoms with Crippen LogP contribution in [0.4, 0.5) is 4.39 Å². The van der Waals surface area contributed by atoms with Crippen molar-refractivity contribution in [1.82, 2.24) is 9.80 Å². The Morgan fingerprint density at radius 2 is 1.80 bits per heavy atom. The molecule has 0 aromatic heterocycles. The molecule has 0 radical (unpaired) electrons. The zero-order valence-electron chi connectivity index (χ0n) is 15.1. The van der Waals surface area contributed by atoms with Crippen molar-refractivity contribution in [2.24, 2.45) is 11.8 Å². The lowest BCUT2D eigenvalue weighted by Gasteiger charge is -2.32. The van der Waals surface area contributed by atoms with Crippen molar-refractivity contribution in [2.45, 2.75) is 39.5 Å². The van der Waals surface area contributed by atoms with Crippen molar-refractivity contribution < 1.29 is 14.0 Å². The summed E-state index contributed by atoms with van der Waals surface area (Å²) in [5.41, 5.74) is 1.68. The van der Waals surface area contributed by atoms with Crippen LogP contribution in [0.2, 0.25) is 0 Å². The monoisotopic (exact) mass is 346 g/mol. The quantitative estimate of drug-likeness (QED) is 0.844. The minimum atomic E-state index is -0.152. The van der Waals surface area contributed by atoms with E-state index in [0.717, 1.165) is 44.3 Å². The van der Waals surface area contributed by atoms with Gasteiger partial charge in [0.15, 0.2) is 0 Å². The summed E-state index contributed by atoms with van der Waals surface area (Å²) in [5.74, 6) is 0.633. The van der Waals surface area contributed by atoms with Gasteiger partial charge in [-0.05, 0) is 55.7 Å². The van der Waals surface area contributed by atoms with Gasteiger partial charge in [-0.1, -0.05) is 12.1 Å². The highest BCUT2D eigenvalue weighted by Gasteiger charge is 2.33. The predicted octanol–water partition coefficient (Wildman–Crippen LogP) is 2.78. The summed E-state index contributed by atoms with van der Waals surface area (Å²) in [4.78, 5) is 27.9. The van der Waals surface area contributed by atoms with E-state index in [1.807, 2.05) is 21.9 Å². The minimum absolute atomic E-state index is 0.0474. The van der Waals surface area contributed by atoms with E-state index in [-0.39, 0.29) is 23.5 Å². The number of piperidine rings is 1. The third-order valence-corrected chi connectivity index (χ3v) is 5.65. The molecule has 1 aromatic carbocycles. The van der Waals surface area contributed by atoms with Crippen LogP contribution in [-0.4, -0.2) is 47.8 Å². The fourth-order valence-corrected chi connectivity index (χ4v) is 4.00. The Hall–Kier alpha value is -1.91. The molecule has 2 amide bonds. The number of rotatable bonds is 3. The van der Waals surface area contributed by atoms with E-state index in [1.165, 1.54) is 0 Å². The molecule has 1 unspecified atom stereocenters. The summed E-state index contributed by atoms with van der Waals surface area (Å²) in [6, 6.07) is 5.43. The Bertz CT molecular complexity index is 653. The first-order valence-electron chi connectivity index (χ1n) is 9.23. The standard InChI is InChI=1S/C20H27FN2O2/c1-14-3-4-16(12-19(14)21)11-17-5-8-23(13-17)20(25)18-6-9-22(10-7-18)15(2)24/h3-4,12,17-18H,5-11,13H2,1-2H3. The van der Waals surface area contributed by atoms with Crippen LogP contribution in [-0.2, 0) is 16.0 Å². The number of hydrogen-bond donors (Lipinski definition) is 0. The smallest absolute Gasteiger partial charge is 0.225 e. The summed E-state index contributed by atoms with van der Waals surface area (Å²) in [6.07, 6.45) is 3.34. The molecule has 3 rings (SSSR count). The number of aryl methyl sites for hydroxylation is 1. The topological polar surface area (TPSA) is 40.6 Å². The first kappa shape index (κ1) is 17.9. The Balaban J connectivity index is 1.51. The summed E-state index contributed by atoms with van der Waals surface area (Å²) in [5, 5.41) is 0. The van der Waals surface area contributed by atoms with Crippen molar-refractivity contribution in [1.29, 1.82) is 0 Å². The van der Waals surface area contributed by atoms with Crippen molar-refractivity contribution in [3.8, 4) is 0 Å². The molecule has 5 heteroatoms. The fraction of sp³-hybridized carbons (Fsp3) is 0.600. The van der Waals surface area contributed by atoms with E-state index < -0.39 is 0 Å². The van der Waals surface area contributed by atoms with Crippen molar-refractivity contribution in [2.75, 3.05) is 26.2 Å². The molecule has 2 heterocycles. The van der Waals surface area contributed by atoms with Crippen LogP contribution in [0.5, 0.6) is 0 Å². The molecule has 2 aliphatic heterocycles. The maximum Gasteiger partial charge on any atom is 0.225 e. The molecule has 0 saturated carbocycles. The molecule has 2 saturated heterocycles. The van der Waals surface area contributed by atoms with Gasteiger partial charge in [0, 0.05) is 39.0 Å². The van der Waals surface area contributed by atoms with Crippen molar-refractivity contribution in [3.05, 3.63) is 35.1 Å². The number of nitrogens with zero attached hydrogens (tertiary/aromatic N) is 2. The van der Waals surface area contributed by atoms with Gasteiger partial charge in [0.1, 0.15) is 5.82 Å². The van der Waals surface area contributed by atoms with E-state index in [9.17, 15) is 14.0 Å². The molecule has 1 atom stereocenters. The first-order valence-corrected chi connectivity index (χ1v) is 9.23. The highest BCUT2D eigenvalue weighted by atomic mass is 19.1. The summed E-state index contributed by atoms with van der Waals surface area (Å²) in [6.45, 7) is 6.29. The third-order valence-electron chi connectivity index (χ3n) is 5.65. The number of halogens is 1. The van der Waals surface area contributed by atoms with Crippen molar-refractivity contribution in [3.63, 3.8) is 0 Å². The van der Waals surface area contributed by atoms with Crippen molar-refractivity contribution >= 4 is 11.8 Å². The molecule has 25 heavy (non-hydrogen) atoms. The van der Waals surface area contributed by atoms with Gasteiger partial charge in [-0.2, -0.15) is 0 Å².